The van der Waals surface area contributed by atoms with Gasteiger partial charge >= 0.3 is 0 Å². The molecule has 2 amide bonds. The molecule has 1 aromatic rings. The van der Waals surface area contributed by atoms with Gasteiger partial charge in [0.05, 0.1) is 14.2 Å². The predicted octanol–water partition coefficient (Wildman–Crippen LogP) is 1.34. The third-order valence-electron chi connectivity index (χ3n) is 3.48. The lowest BCUT2D eigenvalue weighted by Crippen LogP contribution is -2.46. The quantitative estimate of drug-likeness (QED) is 0.839. The number of methoxy groups -OCH3 is 2. The minimum absolute atomic E-state index is 0.0636. The fraction of sp³-hybridized carbons (Fsp3) is 0.533. The minimum atomic E-state index is -0.293. The van der Waals surface area contributed by atoms with E-state index in [1.54, 1.807) is 12.1 Å². The van der Waals surface area contributed by atoms with E-state index in [1.165, 1.54) is 24.2 Å². The van der Waals surface area contributed by atoms with Gasteiger partial charge in [-0.3, -0.25) is 14.6 Å². The van der Waals surface area contributed by atoms with Gasteiger partial charge in [0, 0.05) is 25.1 Å². The molecule has 1 fully saturated rings. The topological polar surface area (TPSA) is 72.0 Å². The van der Waals surface area contributed by atoms with Gasteiger partial charge in [-0.2, -0.15) is 4.98 Å². The van der Waals surface area contributed by atoms with Crippen molar-refractivity contribution in [3.63, 3.8) is 0 Å². The van der Waals surface area contributed by atoms with Crippen molar-refractivity contribution in [2.24, 2.45) is 5.92 Å². The summed E-state index contributed by atoms with van der Waals surface area (Å²) >= 11 is 0. The van der Waals surface area contributed by atoms with Gasteiger partial charge in [-0.05, 0) is 12.5 Å². The molecule has 2 rings (SSSR count). The van der Waals surface area contributed by atoms with E-state index < -0.39 is 0 Å². The summed E-state index contributed by atoms with van der Waals surface area (Å²) in [5, 5.41) is 2.98. The second-order valence-electron chi connectivity index (χ2n) is 5.31. The van der Waals surface area contributed by atoms with Crippen molar-refractivity contribution in [3.05, 3.63) is 17.7 Å². The van der Waals surface area contributed by atoms with Crippen LogP contribution in [0.2, 0.25) is 0 Å². The normalized spacial score (nSPS) is 14.4. The maximum Gasteiger partial charge on any atom is 0.277 e. The Bertz CT molecular complexity index is 574. The molecule has 1 aromatic heterocycles. The van der Waals surface area contributed by atoms with Crippen LogP contribution in [0.3, 0.4) is 0 Å². The number of rotatable bonds is 4. The van der Waals surface area contributed by atoms with Crippen molar-refractivity contribution in [1.82, 2.24) is 15.0 Å². The highest BCUT2D eigenvalue weighted by atomic mass is 16.5. The molecular weight excluding hydrogens is 286 g/mol. The van der Waals surface area contributed by atoms with E-state index >= 15 is 0 Å². The maximum absolute atomic E-state index is 12.7. The number of pyridine rings is 1. The van der Waals surface area contributed by atoms with Crippen LogP contribution in [0, 0.1) is 5.92 Å². The van der Waals surface area contributed by atoms with E-state index in [0.29, 0.717) is 24.5 Å². The van der Waals surface area contributed by atoms with Crippen molar-refractivity contribution in [3.8, 4) is 11.8 Å². The van der Waals surface area contributed by atoms with Gasteiger partial charge in [0.2, 0.25) is 17.7 Å². The fourth-order valence-electron chi connectivity index (χ4n) is 2.34. The molecule has 0 atom stereocenters. The number of amides is 2. The molecule has 2 heterocycles. The van der Waals surface area contributed by atoms with Crippen LogP contribution in [-0.4, -0.2) is 54.1 Å². The highest BCUT2D eigenvalue weighted by molar-refractivity contribution is 5.97. The monoisotopic (exact) mass is 307 g/mol. The molecule has 22 heavy (non-hydrogen) atoms. The lowest BCUT2D eigenvalue weighted by atomic mass is 10.2. The largest absolute Gasteiger partial charge is 0.481 e. The molecule has 1 aliphatic rings. The fourth-order valence-corrected chi connectivity index (χ4v) is 2.34. The summed E-state index contributed by atoms with van der Waals surface area (Å²) < 4.78 is 10.2. The highest BCUT2D eigenvalue weighted by Gasteiger charge is 2.33. The van der Waals surface area contributed by atoms with Gasteiger partial charge in [-0.1, -0.05) is 13.8 Å². The van der Waals surface area contributed by atoms with Gasteiger partial charge in [0.25, 0.3) is 5.91 Å². The van der Waals surface area contributed by atoms with Crippen LogP contribution in [-0.2, 0) is 4.79 Å². The molecule has 0 saturated carbocycles. The van der Waals surface area contributed by atoms with Crippen LogP contribution in [0.15, 0.2) is 12.1 Å². The van der Waals surface area contributed by atoms with Crippen molar-refractivity contribution < 1.29 is 19.1 Å². The maximum atomic E-state index is 12.7. The number of aromatic nitrogens is 1. The van der Waals surface area contributed by atoms with E-state index in [-0.39, 0.29) is 23.6 Å². The lowest BCUT2D eigenvalue weighted by Gasteiger charge is -2.29. The zero-order chi connectivity index (χ0) is 16.3. The number of hydrogen-bond donors (Lipinski definition) is 0. The molecule has 0 N–H and O–H groups in total. The van der Waals surface area contributed by atoms with Crippen LogP contribution in [0.5, 0.6) is 11.8 Å². The second kappa shape index (κ2) is 6.64. The van der Waals surface area contributed by atoms with Crippen molar-refractivity contribution in [2.45, 2.75) is 20.3 Å². The SMILES string of the molecule is COc1ccc(C(=O)N2CCCN2C(=O)C(C)C)c(OC)n1. The van der Waals surface area contributed by atoms with E-state index in [4.69, 9.17) is 9.47 Å². The minimum Gasteiger partial charge on any atom is -0.481 e. The molecule has 1 aliphatic heterocycles. The van der Waals surface area contributed by atoms with Gasteiger partial charge in [-0.15, -0.1) is 0 Å². The zero-order valence-electron chi connectivity index (χ0n) is 13.3. The van der Waals surface area contributed by atoms with Gasteiger partial charge in [0.1, 0.15) is 5.56 Å². The molecule has 0 radical (unpaired) electrons. The number of carbonyl (C=O) groups is 2. The smallest absolute Gasteiger partial charge is 0.277 e. The van der Waals surface area contributed by atoms with Crippen molar-refractivity contribution in [1.29, 1.82) is 0 Å². The Morgan fingerprint density at radius 3 is 2.41 bits per heavy atom. The van der Waals surface area contributed by atoms with Crippen molar-refractivity contribution in [2.75, 3.05) is 27.3 Å². The number of hydrogen-bond acceptors (Lipinski definition) is 5. The van der Waals surface area contributed by atoms with Crippen LogP contribution >= 0.6 is 0 Å². The van der Waals surface area contributed by atoms with Crippen LogP contribution in [0.4, 0.5) is 0 Å². The number of ether oxygens (including phenoxy) is 2. The average Bonchev–Trinajstić information content (AvgIpc) is 3.01. The third-order valence-corrected chi connectivity index (χ3v) is 3.48. The van der Waals surface area contributed by atoms with E-state index in [1.807, 2.05) is 13.8 Å². The average molecular weight is 307 g/mol. The number of hydrazine groups is 1. The first kappa shape index (κ1) is 16.1. The van der Waals surface area contributed by atoms with Crippen molar-refractivity contribution >= 4 is 11.8 Å². The summed E-state index contributed by atoms with van der Waals surface area (Å²) in [5.41, 5.74) is 0.312. The highest BCUT2D eigenvalue weighted by Crippen LogP contribution is 2.24. The molecule has 7 nitrogen and oxygen atoms in total. The number of carbonyl (C=O) groups excluding carboxylic acids is 2. The number of nitrogens with zero attached hydrogens (tertiary/aromatic N) is 3. The Hall–Kier alpha value is -2.31. The summed E-state index contributed by atoms with van der Waals surface area (Å²) in [5.74, 6) is 0.0345. The molecule has 120 valence electrons. The summed E-state index contributed by atoms with van der Waals surface area (Å²) in [6.45, 7) is 4.69. The Labute approximate surface area is 129 Å². The zero-order valence-corrected chi connectivity index (χ0v) is 13.3. The molecule has 0 spiro atoms. The van der Waals surface area contributed by atoms with Gasteiger partial charge in [0.15, 0.2) is 0 Å². The van der Waals surface area contributed by atoms with Crippen LogP contribution in [0.25, 0.3) is 0 Å². The Morgan fingerprint density at radius 1 is 1.14 bits per heavy atom. The van der Waals surface area contributed by atoms with E-state index in [9.17, 15) is 9.59 Å². The Kier molecular flexibility index (Phi) is 4.85. The molecule has 7 heteroatoms. The van der Waals surface area contributed by atoms with Gasteiger partial charge in [-0.25, -0.2) is 5.01 Å². The third kappa shape index (κ3) is 2.98. The molecule has 0 unspecified atom stereocenters. The lowest BCUT2D eigenvalue weighted by molar-refractivity contribution is -0.143. The molecule has 1 saturated heterocycles. The van der Waals surface area contributed by atoms with Crippen LogP contribution in [0.1, 0.15) is 30.6 Å². The predicted molar refractivity (Wildman–Crippen MR) is 79.5 cm³/mol. The van der Waals surface area contributed by atoms with E-state index in [2.05, 4.69) is 4.98 Å². The molecular formula is C15H21N3O4. The molecule has 0 bridgehead atoms. The summed E-state index contributed by atoms with van der Waals surface area (Å²) in [6, 6.07) is 3.20. The second-order valence-corrected chi connectivity index (χ2v) is 5.31. The molecule has 0 aliphatic carbocycles. The Balaban J connectivity index is 2.29. The summed E-state index contributed by atoms with van der Waals surface area (Å²) in [6.07, 6.45) is 0.760. The van der Waals surface area contributed by atoms with Crippen LogP contribution < -0.4 is 9.47 Å². The van der Waals surface area contributed by atoms with E-state index in [0.717, 1.165) is 6.42 Å². The standard InChI is InChI=1S/C15H21N3O4/c1-10(2)14(19)17-8-5-9-18(17)15(20)11-6-7-12(21-3)16-13(11)22-4/h6-7,10H,5,8-9H2,1-4H3. The first-order valence-electron chi connectivity index (χ1n) is 7.21. The van der Waals surface area contributed by atoms with Gasteiger partial charge < -0.3 is 9.47 Å². The summed E-state index contributed by atoms with van der Waals surface area (Å²) in [7, 11) is 2.94. The summed E-state index contributed by atoms with van der Waals surface area (Å²) in [4.78, 5) is 29.1. The first-order valence-corrected chi connectivity index (χ1v) is 7.21. The first-order chi connectivity index (χ1) is 10.5. The molecule has 0 aromatic carbocycles. The Morgan fingerprint density at radius 2 is 1.82 bits per heavy atom.